The molecule has 2 saturated heterocycles. The molecule has 32 heavy (non-hydrogen) atoms. The van der Waals surface area contributed by atoms with Crippen LogP contribution in [0.4, 0.5) is 0 Å². The van der Waals surface area contributed by atoms with E-state index in [2.05, 4.69) is 0 Å². The molecule has 2 aliphatic rings. The highest BCUT2D eigenvalue weighted by Gasteiger charge is 2.57. The second-order valence-corrected chi connectivity index (χ2v) is 10.2. The van der Waals surface area contributed by atoms with Gasteiger partial charge in [-0.25, -0.2) is 8.42 Å². The van der Waals surface area contributed by atoms with Crippen LogP contribution in [0.25, 0.3) is 0 Å². The minimum Gasteiger partial charge on any atom is -0.347 e. The SMILES string of the molecule is Cc1ccc(S(=O)(=O)N2CC(=O)N3[C@H](c4ccccc4)CO[C@@]3(c3ccccc3)C2)cc1. The maximum absolute atomic E-state index is 13.5. The Hall–Kier alpha value is -3.00. The van der Waals surface area contributed by atoms with Gasteiger partial charge in [0.1, 0.15) is 0 Å². The fraction of sp³-hybridized carbons (Fsp3) is 0.240. The van der Waals surface area contributed by atoms with Crippen molar-refractivity contribution in [3.63, 3.8) is 0 Å². The summed E-state index contributed by atoms with van der Waals surface area (Å²) in [5.41, 5.74) is 1.51. The normalized spacial score (nSPS) is 23.8. The molecule has 0 N–H and O–H groups in total. The summed E-state index contributed by atoms with van der Waals surface area (Å²) in [6, 6.07) is 25.5. The molecule has 0 saturated carbocycles. The molecule has 0 radical (unpaired) electrons. The smallest absolute Gasteiger partial charge is 0.243 e. The number of amides is 1. The highest BCUT2D eigenvalue weighted by Crippen LogP contribution is 2.47. The molecule has 2 fully saturated rings. The largest absolute Gasteiger partial charge is 0.347 e. The first kappa shape index (κ1) is 20.9. The van der Waals surface area contributed by atoms with Gasteiger partial charge in [-0.15, -0.1) is 0 Å². The van der Waals surface area contributed by atoms with E-state index in [9.17, 15) is 13.2 Å². The van der Waals surface area contributed by atoms with E-state index in [-0.39, 0.29) is 29.9 Å². The number of fused-ring (bicyclic) bond motifs is 1. The molecular formula is C25H24N2O4S. The zero-order valence-corrected chi connectivity index (χ0v) is 18.5. The van der Waals surface area contributed by atoms with Crippen molar-refractivity contribution in [1.29, 1.82) is 0 Å². The van der Waals surface area contributed by atoms with E-state index in [0.717, 1.165) is 16.7 Å². The summed E-state index contributed by atoms with van der Waals surface area (Å²) in [4.78, 5) is 15.4. The number of hydrogen-bond acceptors (Lipinski definition) is 4. The van der Waals surface area contributed by atoms with Gasteiger partial charge in [0.05, 0.1) is 30.6 Å². The second-order valence-electron chi connectivity index (χ2n) is 8.24. The molecule has 5 rings (SSSR count). The first-order valence-electron chi connectivity index (χ1n) is 10.6. The zero-order chi connectivity index (χ0) is 22.3. The van der Waals surface area contributed by atoms with Gasteiger partial charge in [-0.3, -0.25) is 9.69 Å². The van der Waals surface area contributed by atoms with Crippen LogP contribution in [0.1, 0.15) is 22.7 Å². The standard InChI is InChI=1S/C25H24N2O4S/c1-19-12-14-22(15-13-19)32(29,30)26-16-24(28)27-23(20-8-4-2-5-9-20)17-31-25(27,18-26)21-10-6-3-7-11-21/h2-15,23H,16-18H2,1H3/t23-,25+/m0/s1. The topological polar surface area (TPSA) is 66.9 Å². The van der Waals surface area contributed by atoms with E-state index in [1.807, 2.05) is 67.6 Å². The number of sulfonamides is 1. The molecule has 6 nitrogen and oxygen atoms in total. The molecule has 2 atom stereocenters. The Morgan fingerprint density at radius 3 is 2.19 bits per heavy atom. The van der Waals surface area contributed by atoms with E-state index in [1.165, 1.54) is 4.31 Å². The first-order valence-corrected chi connectivity index (χ1v) is 12.0. The van der Waals surface area contributed by atoms with Crippen LogP contribution in [-0.2, 0) is 25.3 Å². The van der Waals surface area contributed by atoms with Crippen LogP contribution in [0.15, 0.2) is 89.8 Å². The molecule has 0 spiro atoms. The van der Waals surface area contributed by atoms with Crippen molar-refractivity contribution in [2.75, 3.05) is 19.7 Å². The third-order valence-electron chi connectivity index (χ3n) is 6.22. The molecule has 0 aliphatic carbocycles. The maximum Gasteiger partial charge on any atom is 0.243 e. The summed E-state index contributed by atoms with van der Waals surface area (Å²) in [6.07, 6.45) is 0. The summed E-state index contributed by atoms with van der Waals surface area (Å²) in [7, 11) is -3.87. The fourth-order valence-corrected chi connectivity index (χ4v) is 6.00. The van der Waals surface area contributed by atoms with Crippen LogP contribution in [-0.4, -0.2) is 43.2 Å². The van der Waals surface area contributed by atoms with Crippen LogP contribution in [0, 0.1) is 6.92 Å². The lowest BCUT2D eigenvalue weighted by atomic mass is 9.96. The van der Waals surface area contributed by atoms with Gasteiger partial charge in [-0.2, -0.15) is 4.31 Å². The van der Waals surface area contributed by atoms with Gasteiger partial charge in [0.25, 0.3) is 0 Å². The third-order valence-corrected chi connectivity index (χ3v) is 8.03. The van der Waals surface area contributed by atoms with Gasteiger partial charge in [0.2, 0.25) is 15.9 Å². The molecule has 2 aliphatic heterocycles. The van der Waals surface area contributed by atoms with Gasteiger partial charge < -0.3 is 4.74 Å². The minimum atomic E-state index is -3.87. The third kappa shape index (κ3) is 3.33. The van der Waals surface area contributed by atoms with Crippen LogP contribution < -0.4 is 0 Å². The van der Waals surface area contributed by atoms with Crippen molar-refractivity contribution in [1.82, 2.24) is 9.21 Å². The van der Waals surface area contributed by atoms with E-state index in [0.29, 0.717) is 6.61 Å². The Morgan fingerprint density at radius 1 is 0.906 bits per heavy atom. The number of aryl methyl sites for hydroxylation is 1. The predicted molar refractivity (Wildman–Crippen MR) is 120 cm³/mol. The fourth-order valence-electron chi connectivity index (χ4n) is 4.59. The number of nitrogens with zero attached hydrogens (tertiary/aromatic N) is 2. The van der Waals surface area contributed by atoms with Gasteiger partial charge in [0, 0.05) is 5.56 Å². The number of piperazine rings is 1. The number of hydrogen-bond donors (Lipinski definition) is 0. The average Bonchev–Trinajstić information content (AvgIpc) is 3.22. The quantitative estimate of drug-likeness (QED) is 0.613. The van der Waals surface area contributed by atoms with Crippen molar-refractivity contribution in [3.8, 4) is 0 Å². The molecule has 3 aromatic carbocycles. The van der Waals surface area contributed by atoms with Gasteiger partial charge >= 0.3 is 0 Å². The van der Waals surface area contributed by atoms with Crippen molar-refractivity contribution < 1.29 is 17.9 Å². The number of carbonyl (C=O) groups is 1. The van der Waals surface area contributed by atoms with Crippen molar-refractivity contribution in [3.05, 3.63) is 102 Å². The van der Waals surface area contributed by atoms with E-state index in [1.54, 1.807) is 29.2 Å². The summed E-state index contributed by atoms with van der Waals surface area (Å²) >= 11 is 0. The molecule has 0 aromatic heterocycles. The monoisotopic (exact) mass is 448 g/mol. The van der Waals surface area contributed by atoms with Crippen molar-refractivity contribution in [2.45, 2.75) is 23.6 Å². The summed E-state index contributed by atoms with van der Waals surface area (Å²) in [6.45, 7) is 2.00. The average molecular weight is 449 g/mol. The first-order chi connectivity index (χ1) is 15.4. The predicted octanol–water partition coefficient (Wildman–Crippen LogP) is 3.45. The lowest BCUT2D eigenvalue weighted by Crippen LogP contribution is -2.62. The molecular weight excluding hydrogens is 424 g/mol. The van der Waals surface area contributed by atoms with Crippen LogP contribution in [0.3, 0.4) is 0 Å². The van der Waals surface area contributed by atoms with E-state index >= 15 is 0 Å². The Labute approximate surface area is 188 Å². The summed E-state index contributed by atoms with van der Waals surface area (Å²) in [5.74, 6) is -0.276. The summed E-state index contributed by atoms with van der Waals surface area (Å²) in [5, 5.41) is 0. The van der Waals surface area contributed by atoms with E-state index in [4.69, 9.17) is 4.74 Å². The highest BCUT2D eigenvalue weighted by atomic mass is 32.2. The number of rotatable bonds is 4. The number of carbonyl (C=O) groups excluding carboxylic acids is 1. The van der Waals surface area contributed by atoms with Crippen LogP contribution >= 0.6 is 0 Å². The number of benzene rings is 3. The zero-order valence-electron chi connectivity index (χ0n) is 17.7. The lowest BCUT2D eigenvalue weighted by Gasteiger charge is -2.46. The van der Waals surface area contributed by atoms with Crippen molar-refractivity contribution >= 4 is 15.9 Å². The molecule has 3 aromatic rings. The van der Waals surface area contributed by atoms with E-state index < -0.39 is 15.7 Å². The Bertz CT molecular complexity index is 1230. The lowest BCUT2D eigenvalue weighted by molar-refractivity contribution is -0.166. The van der Waals surface area contributed by atoms with Gasteiger partial charge in [0.15, 0.2) is 5.72 Å². The maximum atomic E-state index is 13.5. The van der Waals surface area contributed by atoms with Crippen molar-refractivity contribution in [2.24, 2.45) is 0 Å². The molecule has 1 amide bonds. The Kier molecular flexibility index (Phi) is 5.12. The number of ether oxygens (including phenoxy) is 1. The molecule has 7 heteroatoms. The van der Waals surface area contributed by atoms with Crippen LogP contribution in [0.2, 0.25) is 0 Å². The Morgan fingerprint density at radius 2 is 1.53 bits per heavy atom. The van der Waals surface area contributed by atoms with Gasteiger partial charge in [-0.1, -0.05) is 78.4 Å². The molecule has 2 heterocycles. The Balaban J connectivity index is 1.59. The van der Waals surface area contributed by atoms with Gasteiger partial charge in [-0.05, 0) is 24.6 Å². The molecule has 164 valence electrons. The highest BCUT2D eigenvalue weighted by molar-refractivity contribution is 7.89. The summed E-state index contributed by atoms with van der Waals surface area (Å²) < 4.78 is 34.5. The molecule has 0 bridgehead atoms. The molecule has 0 unspecified atom stereocenters. The minimum absolute atomic E-state index is 0.0301. The second kappa shape index (κ2) is 7.85. The van der Waals surface area contributed by atoms with Crippen LogP contribution in [0.5, 0.6) is 0 Å².